The third kappa shape index (κ3) is 3.70. The van der Waals surface area contributed by atoms with E-state index in [2.05, 4.69) is 11.1 Å². The van der Waals surface area contributed by atoms with Gasteiger partial charge in [0.1, 0.15) is 6.07 Å². The van der Waals surface area contributed by atoms with Gasteiger partial charge in [-0.25, -0.2) is 0 Å². The van der Waals surface area contributed by atoms with E-state index >= 15 is 0 Å². The van der Waals surface area contributed by atoms with E-state index < -0.39 is 5.91 Å². The lowest BCUT2D eigenvalue weighted by Crippen LogP contribution is -2.34. The summed E-state index contributed by atoms with van der Waals surface area (Å²) in [7, 11) is 0. The molecule has 0 bridgehead atoms. The molecule has 0 saturated carbocycles. The van der Waals surface area contributed by atoms with Crippen molar-refractivity contribution in [3.05, 3.63) is 53.9 Å². The van der Waals surface area contributed by atoms with Crippen molar-refractivity contribution in [1.82, 2.24) is 4.98 Å². The number of primary amides is 1. The molecule has 0 atom stereocenters. The van der Waals surface area contributed by atoms with Crippen molar-refractivity contribution in [3.63, 3.8) is 0 Å². The molecule has 0 aliphatic carbocycles. The first-order valence-corrected chi connectivity index (χ1v) is 6.32. The molecule has 0 saturated heterocycles. The third-order valence-corrected chi connectivity index (χ3v) is 2.96. The Morgan fingerprint density at radius 1 is 1.29 bits per heavy atom. The Kier molecular flexibility index (Phi) is 4.36. The van der Waals surface area contributed by atoms with Crippen LogP contribution in [0, 0.1) is 11.3 Å². The highest BCUT2D eigenvalue weighted by atomic mass is 16.1. The molecule has 1 amide bonds. The number of nitrogens with two attached hydrogens (primary N) is 2. The van der Waals surface area contributed by atoms with Crippen LogP contribution in [0.5, 0.6) is 0 Å². The Bertz CT molecular complexity index is 675. The molecule has 1 aromatic heterocycles. The molecule has 6 heteroatoms. The summed E-state index contributed by atoms with van der Waals surface area (Å²) in [5.74, 6) is -0.474. The predicted molar refractivity (Wildman–Crippen MR) is 80.1 cm³/mol. The van der Waals surface area contributed by atoms with Crippen molar-refractivity contribution in [2.45, 2.75) is 6.54 Å². The molecule has 2 rings (SSSR count). The molecule has 21 heavy (non-hydrogen) atoms. The van der Waals surface area contributed by atoms with Gasteiger partial charge in [-0.15, -0.1) is 0 Å². The second kappa shape index (κ2) is 6.39. The average Bonchev–Trinajstić information content (AvgIpc) is 2.48. The van der Waals surface area contributed by atoms with Gasteiger partial charge in [0.05, 0.1) is 24.0 Å². The lowest BCUT2D eigenvalue weighted by molar-refractivity contribution is -0.116. The number of hydrogen-bond acceptors (Lipinski definition) is 5. The zero-order valence-electron chi connectivity index (χ0n) is 11.4. The van der Waals surface area contributed by atoms with Crippen LogP contribution >= 0.6 is 0 Å². The lowest BCUT2D eigenvalue weighted by Gasteiger charge is -2.24. The van der Waals surface area contributed by atoms with Crippen molar-refractivity contribution < 1.29 is 4.79 Å². The minimum atomic E-state index is -0.474. The first-order chi connectivity index (χ1) is 10.1. The third-order valence-electron chi connectivity index (χ3n) is 2.96. The maximum atomic E-state index is 11.3. The molecule has 106 valence electrons. The molecule has 1 heterocycles. The minimum Gasteiger partial charge on any atom is -0.399 e. The first-order valence-electron chi connectivity index (χ1n) is 6.32. The van der Waals surface area contributed by atoms with Crippen molar-refractivity contribution in [2.24, 2.45) is 5.73 Å². The highest BCUT2D eigenvalue weighted by Crippen LogP contribution is 2.20. The van der Waals surface area contributed by atoms with Crippen molar-refractivity contribution in [2.75, 3.05) is 17.2 Å². The Balaban J connectivity index is 2.32. The number of nitriles is 1. The second-order valence-corrected chi connectivity index (χ2v) is 4.57. The quantitative estimate of drug-likeness (QED) is 0.795. The van der Waals surface area contributed by atoms with Gasteiger partial charge in [0.15, 0.2) is 0 Å². The zero-order valence-corrected chi connectivity index (χ0v) is 11.4. The minimum absolute atomic E-state index is 0.00471. The van der Waals surface area contributed by atoms with Gasteiger partial charge >= 0.3 is 0 Å². The molecular formula is C15H15N5O. The highest BCUT2D eigenvalue weighted by molar-refractivity contribution is 5.80. The van der Waals surface area contributed by atoms with E-state index in [-0.39, 0.29) is 6.54 Å². The van der Waals surface area contributed by atoms with E-state index in [4.69, 9.17) is 16.7 Å². The largest absolute Gasteiger partial charge is 0.399 e. The maximum Gasteiger partial charge on any atom is 0.236 e. The number of rotatable bonds is 5. The SMILES string of the molecule is N#Cc1ccncc1N(CC(N)=O)Cc1ccc(N)cc1. The van der Waals surface area contributed by atoms with Crippen LogP contribution in [0.15, 0.2) is 42.7 Å². The van der Waals surface area contributed by atoms with Crippen molar-refractivity contribution in [3.8, 4) is 6.07 Å². The zero-order chi connectivity index (χ0) is 15.2. The summed E-state index contributed by atoms with van der Waals surface area (Å²) in [6.45, 7) is 0.439. The molecule has 6 nitrogen and oxygen atoms in total. The number of carbonyl (C=O) groups is 1. The summed E-state index contributed by atoms with van der Waals surface area (Å²) in [6, 6.07) is 11.0. The molecule has 2 aromatic rings. The number of carbonyl (C=O) groups excluding carboxylic acids is 1. The average molecular weight is 281 g/mol. The highest BCUT2D eigenvalue weighted by Gasteiger charge is 2.14. The molecule has 1 aromatic carbocycles. The molecule has 4 N–H and O–H groups in total. The standard InChI is InChI=1S/C15H15N5O/c16-7-12-5-6-19-8-14(12)20(10-15(18)21)9-11-1-3-13(17)4-2-11/h1-6,8H,9-10,17H2,(H2,18,21). The van der Waals surface area contributed by atoms with E-state index in [9.17, 15) is 4.79 Å². The number of nitrogens with zero attached hydrogens (tertiary/aromatic N) is 3. The van der Waals surface area contributed by atoms with E-state index in [1.807, 2.05) is 12.1 Å². The summed E-state index contributed by atoms with van der Waals surface area (Å²) in [4.78, 5) is 17.0. The molecule has 0 unspecified atom stereocenters. The van der Waals surface area contributed by atoms with Gasteiger partial charge < -0.3 is 16.4 Å². The smallest absolute Gasteiger partial charge is 0.236 e. The molecular weight excluding hydrogens is 266 g/mol. The molecule has 0 aliphatic heterocycles. The maximum absolute atomic E-state index is 11.3. The van der Waals surface area contributed by atoms with E-state index in [0.29, 0.717) is 23.5 Å². The van der Waals surface area contributed by atoms with E-state index in [1.54, 1.807) is 29.3 Å². The van der Waals surface area contributed by atoms with Gasteiger partial charge in [-0.3, -0.25) is 9.78 Å². The summed E-state index contributed by atoms with van der Waals surface area (Å²) >= 11 is 0. The van der Waals surface area contributed by atoms with Crippen LogP contribution in [0.25, 0.3) is 0 Å². The number of pyridine rings is 1. The molecule has 0 spiro atoms. The Morgan fingerprint density at radius 3 is 2.62 bits per heavy atom. The monoisotopic (exact) mass is 281 g/mol. The fraction of sp³-hybridized carbons (Fsp3) is 0.133. The topological polar surface area (TPSA) is 109 Å². The number of hydrogen-bond donors (Lipinski definition) is 2. The summed E-state index contributed by atoms with van der Waals surface area (Å²) in [5, 5.41) is 9.17. The van der Waals surface area contributed by atoms with Gasteiger partial charge in [-0.2, -0.15) is 5.26 Å². The van der Waals surface area contributed by atoms with Crippen LogP contribution in [0.4, 0.5) is 11.4 Å². The summed E-state index contributed by atoms with van der Waals surface area (Å²) < 4.78 is 0. The number of anilines is 2. The Labute approximate surface area is 122 Å². The normalized spacial score (nSPS) is 9.86. The second-order valence-electron chi connectivity index (χ2n) is 4.57. The van der Waals surface area contributed by atoms with Crippen LogP contribution in [-0.4, -0.2) is 17.4 Å². The fourth-order valence-electron chi connectivity index (χ4n) is 1.99. The van der Waals surface area contributed by atoms with Crippen LogP contribution in [0.2, 0.25) is 0 Å². The molecule has 0 aliphatic rings. The van der Waals surface area contributed by atoms with Gasteiger partial charge in [0.25, 0.3) is 0 Å². The van der Waals surface area contributed by atoms with Crippen molar-refractivity contribution >= 4 is 17.3 Å². The van der Waals surface area contributed by atoms with Gasteiger partial charge in [-0.05, 0) is 23.8 Å². The van der Waals surface area contributed by atoms with Gasteiger partial charge in [0, 0.05) is 18.4 Å². The van der Waals surface area contributed by atoms with E-state index in [0.717, 1.165) is 5.56 Å². The van der Waals surface area contributed by atoms with Gasteiger partial charge in [0.2, 0.25) is 5.91 Å². The Hall–Kier alpha value is -3.07. The number of benzene rings is 1. The molecule has 0 radical (unpaired) electrons. The molecule has 0 fully saturated rings. The van der Waals surface area contributed by atoms with E-state index in [1.165, 1.54) is 6.20 Å². The predicted octanol–water partition coefficient (Wildman–Crippen LogP) is 1.03. The first kappa shape index (κ1) is 14.3. The Morgan fingerprint density at radius 2 is 2.00 bits per heavy atom. The number of nitrogen functional groups attached to an aromatic ring is 1. The number of amides is 1. The lowest BCUT2D eigenvalue weighted by atomic mass is 10.1. The van der Waals surface area contributed by atoms with Crippen LogP contribution < -0.4 is 16.4 Å². The summed E-state index contributed by atoms with van der Waals surface area (Å²) in [6.07, 6.45) is 3.09. The number of aromatic nitrogens is 1. The van der Waals surface area contributed by atoms with Crippen LogP contribution in [0.1, 0.15) is 11.1 Å². The van der Waals surface area contributed by atoms with Crippen molar-refractivity contribution in [1.29, 1.82) is 5.26 Å². The fourth-order valence-corrected chi connectivity index (χ4v) is 1.99. The van der Waals surface area contributed by atoms with Gasteiger partial charge in [-0.1, -0.05) is 12.1 Å². The van der Waals surface area contributed by atoms with Crippen LogP contribution in [0.3, 0.4) is 0 Å². The van der Waals surface area contributed by atoms with Crippen LogP contribution in [-0.2, 0) is 11.3 Å². The summed E-state index contributed by atoms with van der Waals surface area (Å²) in [5.41, 5.74) is 13.6.